The zero-order valence-corrected chi connectivity index (χ0v) is 18.6. The number of anilines is 1. The lowest BCUT2D eigenvalue weighted by molar-refractivity contribution is -0.113. The second kappa shape index (κ2) is 8.44. The summed E-state index contributed by atoms with van der Waals surface area (Å²) in [5.41, 5.74) is 5.98. The third kappa shape index (κ3) is 3.61. The molecule has 0 radical (unpaired) electrons. The number of benzene rings is 3. The molecule has 0 atom stereocenters. The first-order valence-electron chi connectivity index (χ1n) is 10.7. The van der Waals surface area contributed by atoms with Crippen molar-refractivity contribution in [1.29, 1.82) is 0 Å². The molecule has 3 aromatic carbocycles. The van der Waals surface area contributed by atoms with Gasteiger partial charge in [0.25, 0.3) is 5.91 Å². The standard InChI is InChI=1S/C27H23N3OS/c1-2-20-12-9-15-23-21(18-29(25(20)23)17-19-10-5-3-6-11-19)16-24-26(31)30(27(32)28-24)22-13-7-4-8-14-22/h3-16,18H,2,17H2,1H3,(H,28,32)/b24-16-. The second-order valence-corrected chi connectivity index (χ2v) is 8.22. The number of aromatic nitrogens is 1. The first-order chi connectivity index (χ1) is 15.7. The van der Waals surface area contributed by atoms with E-state index in [1.54, 1.807) is 4.90 Å². The lowest BCUT2D eigenvalue weighted by atomic mass is 10.1. The number of amides is 1. The van der Waals surface area contributed by atoms with E-state index in [-0.39, 0.29) is 5.91 Å². The largest absolute Gasteiger partial charge is 0.342 e. The topological polar surface area (TPSA) is 37.3 Å². The van der Waals surface area contributed by atoms with Crippen LogP contribution in [0.5, 0.6) is 0 Å². The fraction of sp³-hybridized carbons (Fsp3) is 0.111. The number of nitrogens with zero attached hydrogens (tertiary/aromatic N) is 2. The van der Waals surface area contributed by atoms with Gasteiger partial charge in [-0.3, -0.25) is 9.69 Å². The fourth-order valence-electron chi connectivity index (χ4n) is 4.27. The molecule has 32 heavy (non-hydrogen) atoms. The van der Waals surface area contributed by atoms with E-state index in [0.717, 1.165) is 29.6 Å². The number of hydrogen-bond acceptors (Lipinski definition) is 2. The number of para-hydroxylation sites is 2. The molecule has 1 aliphatic heterocycles. The fourth-order valence-corrected chi connectivity index (χ4v) is 4.57. The Hall–Kier alpha value is -3.70. The molecule has 5 rings (SSSR count). The quantitative estimate of drug-likeness (QED) is 0.330. The van der Waals surface area contributed by atoms with Gasteiger partial charge in [-0.2, -0.15) is 0 Å². The lowest BCUT2D eigenvalue weighted by Gasteiger charge is -2.13. The monoisotopic (exact) mass is 437 g/mol. The zero-order chi connectivity index (χ0) is 22.1. The van der Waals surface area contributed by atoms with Crippen molar-refractivity contribution in [3.05, 3.63) is 107 Å². The third-order valence-electron chi connectivity index (χ3n) is 5.78. The first-order valence-corrected chi connectivity index (χ1v) is 11.1. The Balaban J connectivity index is 1.58. The summed E-state index contributed by atoms with van der Waals surface area (Å²) in [7, 11) is 0. The Morgan fingerprint density at radius 3 is 2.38 bits per heavy atom. The highest BCUT2D eigenvalue weighted by molar-refractivity contribution is 7.80. The Kier molecular flexibility index (Phi) is 5.33. The Morgan fingerprint density at radius 1 is 0.938 bits per heavy atom. The molecule has 0 unspecified atom stereocenters. The second-order valence-electron chi connectivity index (χ2n) is 7.83. The van der Waals surface area contributed by atoms with Crippen LogP contribution in [0, 0.1) is 0 Å². The molecule has 4 aromatic rings. The van der Waals surface area contributed by atoms with Crippen molar-refractivity contribution >= 4 is 45.9 Å². The molecular weight excluding hydrogens is 414 g/mol. The third-order valence-corrected chi connectivity index (χ3v) is 6.07. The van der Waals surface area contributed by atoms with Gasteiger partial charge in [0.2, 0.25) is 0 Å². The summed E-state index contributed by atoms with van der Waals surface area (Å²) in [6.07, 6.45) is 4.99. The van der Waals surface area contributed by atoms with Crippen molar-refractivity contribution in [3.8, 4) is 0 Å². The number of aryl methyl sites for hydroxylation is 1. The van der Waals surface area contributed by atoms with Gasteiger partial charge in [0.1, 0.15) is 5.70 Å². The molecule has 0 bridgehead atoms. The smallest absolute Gasteiger partial charge is 0.281 e. The van der Waals surface area contributed by atoms with E-state index in [0.29, 0.717) is 10.8 Å². The van der Waals surface area contributed by atoms with Gasteiger partial charge in [0, 0.05) is 23.7 Å². The molecule has 0 aliphatic carbocycles. The zero-order valence-electron chi connectivity index (χ0n) is 17.8. The van der Waals surface area contributed by atoms with E-state index in [9.17, 15) is 4.79 Å². The van der Waals surface area contributed by atoms with Crippen molar-refractivity contribution in [1.82, 2.24) is 9.88 Å². The Labute approximate surface area is 192 Å². The van der Waals surface area contributed by atoms with Gasteiger partial charge in [0.15, 0.2) is 5.11 Å². The summed E-state index contributed by atoms with van der Waals surface area (Å²) >= 11 is 5.47. The predicted molar refractivity (Wildman–Crippen MR) is 134 cm³/mol. The molecule has 1 fully saturated rings. The van der Waals surface area contributed by atoms with Crippen molar-refractivity contribution < 1.29 is 4.79 Å². The number of carbonyl (C=O) groups excluding carboxylic acids is 1. The number of thiocarbonyl (C=S) groups is 1. The molecule has 1 aromatic heterocycles. The van der Waals surface area contributed by atoms with Crippen LogP contribution in [-0.4, -0.2) is 15.6 Å². The molecule has 4 nitrogen and oxygen atoms in total. The molecule has 2 heterocycles. The molecule has 5 heteroatoms. The minimum Gasteiger partial charge on any atom is -0.342 e. The van der Waals surface area contributed by atoms with Crippen LogP contribution < -0.4 is 10.2 Å². The summed E-state index contributed by atoms with van der Waals surface area (Å²) in [4.78, 5) is 14.7. The van der Waals surface area contributed by atoms with Crippen LogP contribution in [0.2, 0.25) is 0 Å². The van der Waals surface area contributed by atoms with Crippen LogP contribution in [0.4, 0.5) is 5.69 Å². The van der Waals surface area contributed by atoms with E-state index < -0.39 is 0 Å². The molecule has 158 valence electrons. The Bertz CT molecular complexity index is 1340. The summed E-state index contributed by atoms with van der Waals surface area (Å²) in [6.45, 7) is 2.94. The van der Waals surface area contributed by atoms with Gasteiger partial charge < -0.3 is 9.88 Å². The summed E-state index contributed by atoms with van der Waals surface area (Å²) in [5.74, 6) is -0.142. The Morgan fingerprint density at radius 2 is 1.66 bits per heavy atom. The van der Waals surface area contributed by atoms with Gasteiger partial charge in [-0.05, 0) is 48.0 Å². The molecule has 1 amide bonds. The van der Waals surface area contributed by atoms with Crippen molar-refractivity contribution in [2.24, 2.45) is 0 Å². The number of hydrogen-bond donors (Lipinski definition) is 1. The molecular formula is C27H23N3OS. The minimum atomic E-state index is -0.142. The van der Waals surface area contributed by atoms with Gasteiger partial charge >= 0.3 is 0 Å². The van der Waals surface area contributed by atoms with Crippen LogP contribution in [0.25, 0.3) is 17.0 Å². The number of carbonyl (C=O) groups is 1. The molecule has 0 saturated carbocycles. The first kappa shape index (κ1) is 20.2. The minimum absolute atomic E-state index is 0.142. The maximum absolute atomic E-state index is 13.2. The van der Waals surface area contributed by atoms with Gasteiger partial charge in [0.05, 0.1) is 11.2 Å². The van der Waals surface area contributed by atoms with Crippen molar-refractivity contribution in [2.75, 3.05) is 4.90 Å². The van der Waals surface area contributed by atoms with E-state index >= 15 is 0 Å². The molecule has 1 saturated heterocycles. The average Bonchev–Trinajstić information content (AvgIpc) is 3.31. The lowest BCUT2D eigenvalue weighted by Crippen LogP contribution is -2.30. The molecule has 0 spiro atoms. The van der Waals surface area contributed by atoms with E-state index in [1.165, 1.54) is 16.6 Å². The van der Waals surface area contributed by atoms with Crippen LogP contribution in [0.15, 0.2) is 90.8 Å². The van der Waals surface area contributed by atoms with E-state index in [4.69, 9.17) is 12.2 Å². The van der Waals surface area contributed by atoms with E-state index in [1.807, 2.05) is 42.5 Å². The van der Waals surface area contributed by atoms with Crippen LogP contribution in [0.3, 0.4) is 0 Å². The number of rotatable bonds is 5. The van der Waals surface area contributed by atoms with E-state index in [2.05, 4.69) is 65.5 Å². The predicted octanol–water partition coefficient (Wildman–Crippen LogP) is 5.51. The van der Waals surface area contributed by atoms with Crippen LogP contribution >= 0.6 is 12.2 Å². The summed E-state index contributed by atoms with van der Waals surface area (Å²) in [5, 5.41) is 4.64. The molecule has 1 aliphatic rings. The van der Waals surface area contributed by atoms with Crippen molar-refractivity contribution in [2.45, 2.75) is 19.9 Å². The number of nitrogens with one attached hydrogen (secondary N) is 1. The normalized spacial score (nSPS) is 15.0. The van der Waals surface area contributed by atoms with Crippen LogP contribution in [0.1, 0.15) is 23.6 Å². The SMILES string of the molecule is CCc1cccc2c(/C=C3\NC(=S)N(c4ccccc4)C3=O)cn(Cc3ccccc3)c12. The highest BCUT2D eigenvalue weighted by Gasteiger charge is 2.32. The van der Waals surface area contributed by atoms with Gasteiger partial charge in [-0.15, -0.1) is 0 Å². The highest BCUT2D eigenvalue weighted by Crippen LogP contribution is 2.29. The van der Waals surface area contributed by atoms with Crippen LogP contribution in [-0.2, 0) is 17.8 Å². The maximum Gasteiger partial charge on any atom is 0.281 e. The van der Waals surface area contributed by atoms with Gasteiger partial charge in [-0.25, -0.2) is 0 Å². The average molecular weight is 438 g/mol. The maximum atomic E-state index is 13.2. The number of fused-ring (bicyclic) bond motifs is 1. The molecule has 1 N–H and O–H groups in total. The van der Waals surface area contributed by atoms with Crippen molar-refractivity contribution in [3.63, 3.8) is 0 Å². The summed E-state index contributed by atoms with van der Waals surface area (Å²) < 4.78 is 2.28. The highest BCUT2D eigenvalue weighted by atomic mass is 32.1. The van der Waals surface area contributed by atoms with Gasteiger partial charge in [-0.1, -0.05) is 73.7 Å². The summed E-state index contributed by atoms with van der Waals surface area (Å²) in [6, 6.07) is 26.3.